The molecule has 0 radical (unpaired) electrons. The summed E-state index contributed by atoms with van der Waals surface area (Å²) in [7, 11) is 0. The summed E-state index contributed by atoms with van der Waals surface area (Å²) in [6, 6.07) is 13.6. The van der Waals surface area contributed by atoms with Gasteiger partial charge in [-0.2, -0.15) is 0 Å². The van der Waals surface area contributed by atoms with Gasteiger partial charge in [-0.3, -0.25) is 9.80 Å². The summed E-state index contributed by atoms with van der Waals surface area (Å²) in [5, 5.41) is 1.19. The molecule has 0 saturated carbocycles. The van der Waals surface area contributed by atoms with Crippen LogP contribution in [0.4, 0.5) is 11.4 Å². The number of para-hydroxylation sites is 1. The number of hydrogen-bond donors (Lipinski definition) is 0. The summed E-state index contributed by atoms with van der Waals surface area (Å²) < 4.78 is 10.8. The van der Waals surface area contributed by atoms with Crippen LogP contribution in [0, 0.1) is 0 Å². The van der Waals surface area contributed by atoms with E-state index in [0.29, 0.717) is 23.0 Å². The topological polar surface area (TPSA) is 62.3 Å². The number of hydrogen-bond acceptors (Lipinski definition) is 7. The van der Waals surface area contributed by atoms with Crippen LogP contribution in [0.25, 0.3) is 0 Å². The molecular formula is C24H25Cl2N3O4. The predicted octanol–water partition coefficient (Wildman–Crippen LogP) is 3.71. The molecule has 0 aliphatic carbocycles. The van der Waals surface area contributed by atoms with Crippen LogP contribution in [0.2, 0.25) is 10.0 Å². The molecule has 3 heterocycles. The summed E-state index contributed by atoms with van der Waals surface area (Å²) in [5.41, 5.74) is 2.95. The van der Waals surface area contributed by atoms with Crippen LogP contribution in [0.1, 0.15) is 18.4 Å². The van der Waals surface area contributed by atoms with Crippen LogP contribution >= 0.6 is 23.2 Å². The Bertz CT molecular complexity index is 1060. The van der Waals surface area contributed by atoms with Crippen LogP contribution in [0.5, 0.6) is 0 Å². The second-order valence-electron chi connectivity index (χ2n) is 8.56. The van der Waals surface area contributed by atoms with Gasteiger partial charge in [-0.05, 0) is 43.1 Å². The Balaban J connectivity index is 1.14. The van der Waals surface area contributed by atoms with Crippen molar-refractivity contribution in [1.82, 2.24) is 4.90 Å². The Morgan fingerprint density at radius 3 is 2.24 bits per heavy atom. The number of carbonyl (C=O) groups excluding carboxylic acids is 2. The average molecular weight is 490 g/mol. The number of carbonyl (C=O) groups is 2. The highest BCUT2D eigenvalue weighted by Gasteiger charge is 2.57. The maximum absolute atomic E-state index is 11.8. The van der Waals surface area contributed by atoms with Crippen molar-refractivity contribution in [3.05, 3.63) is 58.1 Å². The Morgan fingerprint density at radius 1 is 0.818 bits per heavy atom. The third-order valence-corrected chi connectivity index (χ3v) is 7.34. The van der Waals surface area contributed by atoms with Gasteiger partial charge >= 0.3 is 17.8 Å². The van der Waals surface area contributed by atoms with Gasteiger partial charge in [0.1, 0.15) is 0 Å². The molecule has 0 atom stereocenters. The van der Waals surface area contributed by atoms with Crippen molar-refractivity contribution in [2.75, 3.05) is 49.1 Å². The first-order valence-electron chi connectivity index (χ1n) is 11.2. The molecule has 2 aromatic carbocycles. The largest absolute Gasteiger partial charge is 0.422 e. The zero-order valence-electron chi connectivity index (χ0n) is 18.1. The first-order chi connectivity index (χ1) is 16.0. The van der Waals surface area contributed by atoms with Crippen LogP contribution in [0.15, 0.2) is 42.5 Å². The number of nitrogens with zero attached hydrogens (tertiary/aromatic N) is 3. The van der Waals surface area contributed by atoms with Crippen molar-refractivity contribution in [2.24, 2.45) is 0 Å². The summed E-state index contributed by atoms with van der Waals surface area (Å²) in [6.07, 6.45) is 2.22. The summed E-state index contributed by atoms with van der Waals surface area (Å²) >= 11 is 12.5. The lowest BCUT2D eigenvalue weighted by Gasteiger charge is -2.37. The number of ether oxygens (including phenoxy) is 2. The zero-order valence-corrected chi connectivity index (χ0v) is 19.6. The van der Waals surface area contributed by atoms with Gasteiger partial charge in [0.2, 0.25) is 0 Å². The second kappa shape index (κ2) is 9.05. The molecule has 5 rings (SSSR count). The third kappa shape index (κ3) is 4.25. The van der Waals surface area contributed by atoms with E-state index in [0.717, 1.165) is 62.5 Å². The molecule has 2 aromatic rings. The number of piperazine rings is 1. The summed E-state index contributed by atoms with van der Waals surface area (Å²) in [6.45, 7) is 5.31. The molecule has 0 amide bonds. The lowest BCUT2D eigenvalue weighted by molar-refractivity contribution is -0.174. The standard InChI is InChI=1S/C24H25Cl2N3O4/c25-18-7-5-9-20(21(18)26)28-14-12-27(13-15-28)10-3-4-11-29-19-8-2-1-6-17(19)16-24(29)32-22(30)23(31)33-24/h1-2,5-9H,3-4,10-16H2. The Hall–Kier alpha value is -2.48. The molecule has 174 valence electrons. The maximum Gasteiger partial charge on any atom is 0.422 e. The molecule has 2 saturated heterocycles. The van der Waals surface area contributed by atoms with E-state index < -0.39 is 17.8 Å². The van der Waals surface area contributed by atoms with Gasteiger partial charge in [0.15, 0.2) is 0 Å². The van der Waals surface area contributed by atoms with Crippen molar-refractivity contribution in [2.45, 2.75) is 25.2 Å². The fraction of sp³-hybridized carbons (Fsp3) is 0.417. The van der Waals surface area contributed by atoms with E-state index in [1.54, 1.807) is 6.07 Å². The van der Waals surface area contributed by atoms with Crippen molar-refractivity contribution >= 4 is 46.5 Å². The lowest BCUT2D eigenvalue weighted by Crippen LogP contribution is -2.49. The van der Waals surface area contributed by atoms with Crippen LogP contribution < -0.4 is 9.80 Å². The lowest BCUT2D eigenvalue weighted by atomic mass is 10.1. The number of rotatable bonds is 6. The maximum atomic E-state index is 11.8. The van der Waals surface area contributed by atoms with E-state index in [2.05, 4.69) is 9.80 Å². The number of anilines is 2. The third-order valence-electron chi connectivity index (χ3n) is 6.53. The van der Waals surface area contributed by atoms with E-state index in [1.165, 1.54) is 0 Å². The normalized spacial score (nSPS) is 19.7. The molecular weight excluding hydrogens is 465 g/mol. The number of halogens is 2. The quantitative estimate of drug-likeness (QED) is 0.348. The fourth-order valence-corrected chi connectivity index (χ4v) is 5.28. The highest BCUT2D eigenvalue weighted by atomic mass is 35.5. The zero-order chi connectivity index (χ0) is 23.0. The van der Waals surface area contributed by atoms with E-state index in [1.807, 2.05) is 41.3 Å². The Kier molecular flexibility index (Phi) is 6.12. The van der Waals surface area contributed by atoms with Crippen LogP contribution in [0.3, 0.4) is 0 Å². The van der Waals surface area contributed by atoms with E-state index in [-0.39, 0.29) is 0 Å². The Labute approximate surface area is 202 Å². The number of unbranched alkanes of at least 4 members (excludes halogenated alkanes) is 1. The molecule has 2 fully saturated rings. The average Bonchev–Trinajstić information content (AvgIpc) is 3.27. The van der Waals surface area contributed by atoms with E-state index in [9.17, 15) is 9.59 Å². The second-order valence-corrected chi connectivity index (χ2v) is 9.34. The molecule has 0 bridgehead atoms. The monoisotopic (exact) mass is 489 g/mol. The van der Waals surface area contributed by atoms with E-state index in [4.69, 9.17) is 32.7 Å². The van der Waals surface area contributed by atoms with Crippen molar-refractivity contribution in [3.8, 4) is 0 Å². The summed E-state index contributed by atoms with van der Waals surface area (Å²) in [4.78, 5) is 30.2. The molecule has 0 aromatic heterocycles. The van der Waals surface area contributed by atoms with Crippen LogP contribution in [-0.4, -0.2) is 62.0 Å². The highest BCUT2D eigenvalue weighted by molar-refractivity contribution is 6.43. The van der Waals surface area contributed by atoms with Crippen LogP contribution in [-0.2, 0) is 25.5 Å². The van der Waals surface area contributed by atoms with Crippen molar-refractivity contribution in [3.63, 3.8) is 0 Å². The molecule has 7 nitrogen and oxygen atoms in total. The molecule has 3 aliphatic heterocycles. The SMILES string of the molecule is O=C1OC2(Cc3ccccc3N2CCCCN2CCN(c3cccc(Cl)c3Cl)CC2)OC1=O. The number of fused-ring (bicyclic) bond motifs is 1. The van der Waals surface area contributed by atoms with Crippen molar-refractivity contribution in [1.29, 1.82) is 0 Å². The minimum absolute atomic E-state index is 0.356. The van der Waals surface area contributed by atoms with Crippen molar-refractivity contribution < 1.29 is 19.1 Å². The van der Waals surface area contributed by atoms with Gasteiger partial charge in [-0.1, -0.05) is 47.5 Å². The molecule has 0 N–H and O–H groups in total. The van der Waals surface area contributed by atoms with Gasteiger partial charge < -0.3 is 14.4 Å². The summed E-state index contributed by atoms with van der Waals surface area (Å²) in [5.74, 6) is -3.18. The first-order valence-corrected chi connectivity index (χ1v) is 12.0. The smallest absolute Gasteiger partial charge is 0.395 e. The van der Waals surface area contributed by atoms with Gasteiger partial charge in [0.05, 0.1) is 22.2 Å². The van der Waals surface area contributed by atoms with Gasteiger partial charge in [0.25, 0.3) is 0 Å². The molecule has 1 spiro atoms. The molecule has 33 heavy (non-hydrogen) atoms. The van der Waals surface area contributed by atoms with Gasteiger partial charge in [-0.15, -0.1) is 0 Å². The molecule has 9 heteroatoms. The first kappa shape index (κ1) is 22.3. The number of esters is 2. The number of benzene rings is 2. The minimum atomic E-state index is -1.33. The van der Waals surface area contributed by atoms with E-state index >= 15 is 0 Å². The molecule has 0 unspecified atom stereocenters. The predicted molar refractivity (Wildman–Crippen MR) is 127 cm³/mol. The fourth-order valence-electron chi connectivity index (χ4n) is 4.86. The minimum Gasteiger partial charge on any atom is -0.395 e. The molecule has 3 aliphatic rings. The highest BCUT2D eigenvalue weighted by Crippen LogP contribution is 2.43. The Morgan fingerprint density at radius 2 is 1.48 bits per heavy atom. The van der Waals surface area contributed by atoms with Gasteiger partial charge in [-0.25, -0.2) is 9.59 Å². The van der Waals surface area contributed by atoms with Gasteiger partial charge in [0, 0.05) is 38.4 Å².